The third-order valence-corrected chi connectivity index (χ3v) is 1.70. The van der Waals surface area contributed by atoms with Crippen LogP contribution in [0.4, 0.5) is 8.78 Å². The van der Waals surface area contributed by atoms with Gasteiger partial charge in [-0.2, -0.15) is 0 Å². The summed E-state index contributed by atoms with van der Waals surface area (Å²) in [6.07, 6.45) is 0.459. The van der Waals surface area contributed by atoms with Crippen LogP contribution in [0.25, 0.3) is 0 Å². The zero-order chi connectivity index (χ0) is 6.91. The van der Waals surface area contributed by atoms with Crippen molar-refractivity contribution >= 4 is 12.9 Å². The Hall–Kier alpha value is 0.170. The molecule has 0 heterocycles. The van der Waals surface area contributed by atoms with Crippen LogP contribution < -0.4 is 0 Å². The van der Waals surface area contributed by atoms with E-state index in [0.717, 1.165) is 0 Å². The average molecular weight is 154 g/mol. The third-order valence-electron chi connectivity index (χ3n) is 1.51. The van der Waals surface area contributed by atoms with Gasteiger partial charge in [0.15, 0.2) is 0 Å². The van der Waals surface area contributed by atoms with Crippen LogP contribution in [0.15, 0.2) is 0 Å². The molecule has 0 aromatic heterocycles. The van der Waals surface area contributed by atoms with Crippen molar-refractivity contribution in [1.82, 2.24) is 0 Å². The van der Waals surface area contributed by atoms with Crippen LogP contribution in [0, 0.1) is 5.92 Å². The molecule has 0 saturated heterocycles. The summed E-state index contributed by atoms with van der Waals surface area (Å²) < 4.78 is 28.4. The Bertz CT molecular complexity index is 107. The number of hydrogen-bond acceptors (Lipinski definition) is 2. The molecule has 0 spiro atoms. The molecular formula is C5H8F2OS. The van der Waals surface area contributed by atoms with Crippen molar-refractivity contribution < 1.29 is 13.0 Å². The molecule has 1 unspecified atom stereocenters. The molecule has 1 saturated carbocycles. The number of alkyl halides is 2. The van der Waals surface area contributed by atoms with Crippen LogP contribution >= 0.6 is 12.9 Å². The minimum atomic E-state index is -2.40. The smallest absolute Gasteiger partial charge is 0.251 e. The fourth-order valence-electron chi connectivity index (χ4n) is 0.778. The first kappa shape index (κ1) is 7.28. The van der Waals surface area contributed by atoms with E-state index in [0.29, 0.717) is 13.0 Å². The van der Waals surface area contributed by atoms with Crippen molar-refractivity contribution in [3.05, 3.63) is 0 Å². The fraction of sp³-hybridized carbons (Fsp3) is 1.00. The Morgan fingerprint density at radius 3 is 2.56 bits per heavy atom. The van der Waals surface area contributed by atoms with Crippen molar-refractivity contribution in [1.29, 1.82) is 0 Å². The van der Waals surface area contributed by atoms with Crippen LogP contribution in [0.5, 0.6) is 0 Å². The van der Waals surface area contributed by atoms with Crippen molar-refractivity contribution in [2.75, 3.05) is 6.61 Å². The highest BCUT2D eigenvalue weighted by molar-refractivity contribution is 7.75. The van der Waals surface area contributed by atoms with Gasteiger partial charge in [0, 0.05) is 12.3 Å². The normalized spacial score (nSPS) is 30.3. The van der Waals surface area contributed by atoms with Crippen molar-refractivity contribution in [2.24, 2.45) is 5.92 Å². The second-order valence-electron chi connectivity index (χ2n) is 2.28. The monoisotopic (exact) mass is 154 g/mol. The molecule has 0 N–H and O–H groups in total. The number of halogens is 2. The lowest BCUT2D eigenvalue weighted by molar-refractivity contribution is 0.0940. The van der Waals surface area contributed by atoms with Gasteiger partial charge < -0.3 is 4.18 Å². The Labute approximate surface area is 58.0 Å². The third kappa shape index (κ3) is 1.79. The minimum absolute atomic E-state index is 0.0319. The maximum absolute atomic E-state index is 12.0. The van der Waals surface area contributed by atoms with Crippen molar-refractivity contribution in [3.63, 3.8) is 0 Å². The lowest BCUT2D eigenvalue weighted by Gasteiger charge is -1.94. The molecule has 9 heavy (non-hydrogen) atoms. The average Bonchev–Trinajstić information content (AvgIpc) is 2.35. The lowest BCUT2D eigenvalue weighted by Crippen LogP contribution is -1.96. The first-order valence-electron chi connectivity index (χ1n) is 2.81. The topological polar surface area (TPSA) is 9.23 Å². The molecule has 0 bridgehead atoms. The summed E-state index contributed by atoms with van der Waals surface area (Å²) in [6.45, 7) is 0.323. The van der Waals surface area contributed by atoms with Crippen molar-refractivity contribution in [3.8, 4) is 0 Å². The number of rotatable bonds is 3. The molecular weight excluding hydrogens is 146 g/mol. The zero-order valence-electron chi connectivity index (χ0n) is 4.81. The van der Waals surface area contributed by atoms with E-state index < -0.39 is 11.8 Å². The van der Waals surface area contributed by atoms with Crippen LogP contribution in [-0.4, -0.2) is 12.5 Å². The Morgan fingerprint density at radius 1 is 1.67 bits per heavy atom. The highest BCUT2D eigenvalue weighted by Crippen LogP contribution is 2.50. The Morgan fingerprint density at radius 2 is 2.22 bits per heavy atom. The second-order valence-corrected chi connectivity index (χ2v) is 2.54. The predicted octanol–water partition coefficient (Wildman–Crippen LogP) is 1.89. The first-order valence-corrected chi connectivity index (χ1v) is 3.17. The van der Waals surface area contributed by atoms with Gasteiger partial charge in [0.2, 0.25) is 0 Å². The SMILES string of the molecule is FC1(F)CC1CCOS. The van der Waals surface area contributed by atoms with Gasteiger partial charge in [-0.3, -0.25) is 0 Å². The van der Waals surface area contributed by atoms with Crippen LogP contribution in [0.1, 0.15) is 12.8 Å². The number of thiol groups is 1. The quantitative estimate of drug-likeness (QED) is 0.482. The predicted molar refractivity (Wildman–Crippen MR) is 32.6 cm³/mol. The van der Waals surface area contributed by atoms with Crippen LogP contribution in [0.3, 0.4) is 0 Å². The molecule has 1 fully saturated rings. The van der Waals surface area contributed by atoms with Gasteiger partial charge in [0.05, 0.1) is 6.61 Å². The summed E-state index contributed by atoms with van der Waals surface area (Å²) >= 11 is 3.43. The number of hydrogen-bond donors (Lipinski definition) is 1. The molecule has 1 atom stereocenters. The summed E-state index contributed by atoms with van der Waals surface area (Å²) in [6, 6.07) is 0. The molecule has 0 aliphatic heterocycles. The van der Waals surface area contributed by atoms with E-state index in [2.05, 4.69) is 17.1 Å². The van der Waals surface area contributed by atoms with E-state index in [1.54, 1.807) is 0 Å². The van der Waals surface area contributed by atoms with Gasteiger partial charge in [0.25, 0.3) is 5.92 Å². The summed E-state index contributed by atoms with van der Waals surface area (Å²) in [5, 5.41) is 0. The zero-order valence-corrected chi connectivity index (χ0v) is 5.70. The first-order chi connectivity index (χ1) is 4.17. The molecule has 0 aromatic rings. The maximum atomic E-state index is 12.0. The summed E-state index contributed by atoms with van der Waals surface area (Å²) in [5.41, 5.74) is 0. The van der Waals surface area contributed by atoms with Gasteiger partial charge in [-0.05, 0) is 19.3 Å². The molecule has 1 aliphatic carbocycles. The largest absolute Gasteiger partial charge is 0.318 e. The minimum Gasteiger partial charge on any atom is -0.318 e. The summed E-state index contributed by atoms with van der Waals surface area (Å²) in [7, 11) is 0. The van der Waals surface area contributed by atoms with Gasteiger partial charge in [-0.1, -0.05) is 0 Å². The molecule has 0 amide bonds. The summed E-state index contributed by atoms with van der Waals surface area (Å²) in [4.78, 5) is 0. The molecule has 1 aliphatic rings. The fourth-order valence-corrected chi connectivity index (χ4v) is 0.883. The van der Waals surface area contributed by atoms with E-state index >= 15 is 0 Å². The van der Waals surface area contributed by atoms with Crippen LogP contribution in [0.2, 0.25) is 0 Å². The lowest BCUT2D eigenvalue weighted by atomic mass is 10.3. The van der Waals surface area contributed by atoms with E-state index in [1.165, 1.54) is 0 Å². The van der Waals surface area contributed by atoms with Gasteiger partial charge in [-0.25, -0.2) is 8.78 Å². The van der Waals surface area contributed by atoms with E-state index in [-0.39, 0.29) is 6.42 Å². The molecule has 54 valence electrons. The molecule has 1 nitrogen and oxygen atoms in total. The van der Waals surface area contributed by atoms with Gasteiger partial charge >= 0.3 is 0 Å². The van der Waals surface area contributed by atoms with E-state index in [1.807, 2.05) is 0 Å². The van der Waals surface area contributed by atoms with Crippen LogP contribution in [-0.2, 0) is 4.18 Å². The van der Waals surface area contributed by atoms with E-state index in [4.69, 9.17) is 0 Å². The Balaban J connectivity index is 2.06. The molecule has 0 aromatic carbocycles. The highest BCUT2D eigenvalue weighted by atomic mass is 32.1. The standard InChI is InChI=1S/C5H8F2OS/c6-5(7)3-4(5)1-2-8-9/h4,9H,1-3H2. The molecule has 0 radical (unpaired) electrons. The molecule has 1 rings (SSSR count). The Kier molecular flexibility index (Phi) is 1.96. The van der Waals surface area contributed by atoms with Gasteiger partial charge in [-0.15, -0.1) is 0 Å². The van der Waals surface area contributed by atoms with E-state index in [9.17, 15) is 8.78 Å². The molecule has 4 heteroatoms. The van der Waals surface area contributed by atoms with Crippen molar-refractivity contribution in [2.45, 2.75) is 18.8 Å². The maximum Gasteiger partial charge on any atom is 0.251 e. The second kappa shape index (κ2) is 2.42. The van der Waals surface area contributed by atoms with Gasteiger partial charge in [0.1, 0.15) is 0 Å². The highest BCUT2D eigenvalue weighted by Gasteiger charge is 2.55. The summed E-state index contributed by atoms with van der Waals surface area (Å²) in [5.74, 6) is -2.84.